The van der Waals surface area contributed by atoms with E-state index in [1.54, 1.807) is 41.6 Å². The van der Waals surface area contributed by atoms with Gasteiger partial charge in [-0.05, 0) is 45.0 Å². The molecule has 9 heteroatoms. The first-order chi connectivity index (χ1) is 13.4. The minimum absolute atomic E-state index is 0.0301. The number of thiazole rings is 1. The highest BCUT2D eigenvalue weighted by Gasteiger charge is 2.16. The van der Waals surface area contributed by atoms with E-state index in [4.69, 9.17) is 9.47 Å². The zero-order valence-corrected chi connectivity index (χ0v) is 17.0. The molecule has 0 aliphatic rings. The summed E-state index contributed by atoms with van der Waals surface area (Å²) in [4.78, 5) is 29.6. The van der Waals surface area contributed by atoms with Crippen molar-refractivity contribution in [3.05, 3.63) is 41.0 Å². The molecule has 148 valence electrons. The van der Waals surface area contributed by atoms with E-state index in [9.17, 15) is 9.59 Å². The Morgan fingerprint density at radius 3 is 2.75 bits per heavy atom. The first kappa shape index (κ1) is 19.8. The van der Waals surface area contributed by atoms with E-state index in [0.717, 1.165) is 10.2 Å². The van der Waals surface area contributed by atoms with Crippen molar-refractivity contribution in [1.82, 2.24) is 14.3 Å². The molecule has 1 aromatic carbocycles. The monoisotopic (exact) mass is 402 g/mol. The van der Waals surface area contributed by atoms with Gasteiger partial charge in [0, 0.05) is 12.2 Å². The number of carbonyl (C=O) groups excluding carboxylic acids is 2. The van der Waals surface area contributed by atoms with Crippen LogP contribution in [-0.2, 0) is 16.1 Å². The second-order valence-corrected chi connectivity index (χ2v) is 7.29. The van der Waals surface area contributed by atoms with Gasteiger partial charge in [-0.1, -0.05) is 11.3 Å². The van der Waals surface area contributed by atoms with E-state index >= 15 is 0 Å². The van der Waals surface area contributed by atoms with Gasteiger partial charge in [-0.25, -0.2) is 0 Å². The molecule has 0 radical (unpaired) electrons. The summed E-state index contributed by atoms with van der Waals surface area (Å²) in [7, 11) is 1.59. The van der Waals surface area contributed by atoms with Crippen LogP contribution in [0.4, 0.5) is 0 Å². The van der Waals surface area contributed by atoms with E-state index in [-0.39, 0.29) is 25.2 Å². The number of esters is 1. The summed E-state index contributed by atoms with van der Waals surface area (Å²) >= 11 is 1.31. The number of nitrogens with zero attached hydrogens (tertiary/aromatic N) is 4. The number of hydrogen-bond acceptors (Lipinski definition) is 6. The number of benzene rings is 1. The number of carbonyl (C=O) groups is 2. The fourth-order valence-corrected chi connectivity index (χ4v) is 3.85. The highest BCUT2D eigenvalue weighted by Crippen LogP contribution is 2.23. The number of fused-ring (bicyclic) bond motifs is 1. The fraction of sp³-hybridized carbons (Fsp3) is 0.368. The maximum absolute atomic E-state index is 12.8. The van der Waals surface area contributed by atoms with Gasteiger partial charge in [0.05, 0.1) is 23.9 Å². The molecule has 0 atom stereocenters. The molecule has 0 spiro atoms. The molecule has 0 saturated heterocycles. The maximum Gasteiger partial charge on any atom is 0.326 e. The summed E-state index contributed by atoms with van der Waals surface area (Å²) in [5, 5.41) is 4.18. The Bertz CT molecular complexity index is 1080. The van der Waals surface area contributed by atoms with Crippen LogP contribution in [-0.4, -0.2) is 39.9 Å². The Kier molecular flexibility index (Phi) is 5.93. The molecular weight excluding hydrogens is 380 g/mol. The lowest BCUT2D eigenvalue weighted by molar-refractivity contribution is -0.143. The van der Waals surface area contributed by atoms with Gasteiger partial charge < -0.3 is 14.0 Å². The Morgan fingerprint density at radius 1 is 1.29 bits per heavy atom. The lowest BCUT2D eigenvalue weighted by Gasteiger charge is -2.08. The molecule has 0 unspecified atom stereocenters. The van der Waals surface area contributed by atoms with Crippen molar-refractivity contribution < 1.29 is 19.1 Å². The first-order valence-corrected chi connectivity index (χ1v) is 9.71. The Labute approximate surface area is 166 Å². The van der Waals surface area contributed by atoms with Gasteiger partial charge in [0.25, 0.3) is 5.91 Å². The highest BCUT2D eigenvalue weighted by atomic mass is 32.1. The second kappa shape index (κ2) is 8.39. The minimum atomic E-state index is -0.415. The van der Waals surface area contributed by atoms with Gasteiger partial charge in [0.1, 0.15) is 18.0 Å². The standard InChI is InChI=1S/C19H22N4O4S/c1-5-27-17(24)11-22-14-7-6-13(26-4)10-16(14)28-19(22)21-18(25)15-8-9-20-23(15)12(2)3/h6-10,12H,5,11H2,1-4H3. The van der Waals surface area contributed by atoms with Gasteiger partial charge in [0.15, 0.2) is 4.80 Å². The van der Waals surface area contributed by atoms with Crippen LogP contribution in [0.1, 0.15) is 37.3 Å². The van der Waals surface area contributed by atoms with Crippen LogP contribution in [0.3, 0.4) is 0 Å². The van der Waals surface area contributed by atoms with Gasteiger partial charge in [0.2, 0.25) is 0 Å². The molecule has 3 rings (SSSR count). The molecule has 0 fully saturated rings. The Hall–Kier alpha value is -2.94. The zero-order valence-electron chi connectivity index (χ0n) is 16.2. The van der Waals surface area contributed by atoms with Crippen LogP contribution in [0, 0.1) is 0 Å². The summed E-state index contributed by atoms with van der Waals surface area (Å²) in [5.41, 5.74) is 1.18. The molecular formula is C19H22N4O4S. The fourth-order valence-electron chi connectivity index (χ4n) is 2.79. The summed E-state index contributed by atoms with van der Waals surface area (Å²) < 4.78 is 14.5. The van der Waals surface area contributed by atoms with Crippen molar-refractivity contribution in [3.63, 3.8) is 0 Å². The number of methoxy groups -OCH3 is 1. The van der Waals surface area contributed by atoms with E-state index in [1.807, 2.05) is 26.0 Å². The quantitative estimate of drug-likeness (QED) is 0.592. The lowest BCUT2D eigenvalue weighted by atomic mass is 10.3. The topological polar surface area (TPSA) is 87.7 Å². The van der Waals surface area contributed by atoms with Gasteiger partial charge >= 0.3 is 5.97 Å². The average molecular weight is 402 g/mol. The normalized spacial score (nSPS) is 12.0. The van der Waals surface area contributed by atoms with Crippen LogP contribution in [0.15, 0.2) is 35.5 Å². The molecule has 8 nitrogen and oxygen atoms in total. The number of amides is 1. The third-order valence-electron chi connectivity index (χ3n) is 4.06. The Balaban J connectivity index is 2.12. The third-order valence-corrected chi connectivity index (χ3v) is 5.10. The van der Waals surface area contributed by atoms with E-state index in [2.05, 4.69) is 10.1 Å². The molecule has 0 saturated carbocycles. The highest BCUT2D eigenvalue weighted by molar-refractivity contribution is 7.16. The van der Waals surface area contributed by atoms with Gasteiger partial charge in [-0.2, -0.15) is 10.1 Å². The van der Waals surface area contributed by atoms with Gasteiger partial charge in [-0.3, -0.25) is 14.3 Å². The molecule has 0 aliphatic carbocycles. The first-order valence-electron chi connectivity index (χ1n) is 8.90. The SMILES string of the molecule is CCOC(=O)Cn1c(=NC(=O)c2ccnn2C(C)C)sc2cc(OC)ccc21. The summed E-state index contributed by atoms with van der Waals surface area (Å²) in [6.45, 7) is 5.89. The molecule has 2 heterocycles. The largest absolute Gasteiger partial charge is 0.497 e. The molecule has 0 N–H and O–H groups in total. The predicted octanol–water partition coefficient (Wildman–Crippen LogP) is 2.79. The maximum atomic E-state index is 12.8. The molecule has 2 aromatic heterocycles. The molecule has 3 aromatic rings. The zero-order chi connectivity index (χ0) is 20.3. The van der Waals surface area contributed by atoms with E-state index in [1.165, 1.54) is 11.3 Å². The predicted molar refractivity (Wildman–Crippen MR) is 106 cm³/mol. The average Bonchev–Trinajstić information content (AvgIpc) is 3.27. The summed E-state index contributed by atoms with van der Waals surface area (Å²) in [5.74, 6) is -0.116. The van der Waals surface area contributed by atoms with Crippen molar-refractivity contribution >= 4 is 33.4 Å². The number of rotatable bonds is 6. The molecule has 0 aliphatic heterocycles. The van der Waals surface area contributed by atoms with Crippen LogP contribution in [0.5, 0.6) is 5.75 Å². The second-order valence-electron chi connectivity index (χ2n) is 6.28. The van der Waals surface area contributed by atoms with Crippen molar-refractivity contribution in [3.8, 4) is 5.75 Å². The van der Waals surface area contributed by atoms with Gasteiger partial charge in [-0.15, -0.1) is 0 Å². The molecule has 1 amide bonds. The number of aromatic nitrogens is 3. The lowest BCUT2D eigenvalue weighted by Crippen LogP contribution is -2.23. The van der Waals surface area contributed by atoms with E-state index in [0.29, 0.717) is 16.2 Å². The van der Waals surface area contributed by atoms with Crippen molar-refractivity contribution in [2.45, 2.75) is 33.4 Å². The van der Waals surface area contributed by atoms with Crippen LogP contribution in [0.25, 0.3) is 10.2 Å². The third kappa shape index (κ3) is 3.99. The van der Waals surface area contributed by atoms with Crippen molar-refractivity contribution in [2.75, 3.05) is 13.7 Å². The summed E-state index contributed by atoms with van der Waals surface area (Å²) in [6, 6.07) is 7.16. The smallest absolute Gasteiger partial charge is 0.326 e. The van der Waals surface area contributed by atoms with Crippen LogP contribution < -0.4 is 9.54 Å². The van der Waals surface area contributed by atoms with Crippen molar-refractivity contribution in [2.24, 2.45) is 4.99 Å². The van der Waals surface area contributed by atoms with Crippen LogP contribution >= 0.6 is 11.3 Å². The van der Waals surface area contributed by atoms with E-state index < -0.39 is 5.91 Å². The van der Waals surface area contributed by atoms with Crippen molar-refractivity contribution in [1.29, 1.82) is 0 Å². The minimum Gasteiger partial charge on any atom is -0.497 e. The molecule has 28 heavy (non-hydrogen) atoms. The number of ether oxygens (including phenoxy) is 2. The number of hydrogen-bond donors (Lipinski definition) is 0. The molecule has 0 bridgehead atoms. The van der Waals surface area contributed by atoms with Crippen LogP contribution in [0.2, 0.25) is 0 Å². The Morgan fingerprint density at radius 2 is 2.07 bits per heavy atom. The summed E-state index contributed by atoms with van der Waals surface area (Å²) in [6.07, 6.45) is 1.57.